The maximum atomic E-state index is 4.16. The Bertz CT molecular complexity index is 850. The summed E-state index contributed by atoms with van der Waals surface area (Å²) in [6, 6.07) is 7.97. The number of fused-ring (bicyclic) bond motifs is 2. The third-order valence-corrected chi connectivity index (χ3v) is 5.99. The van der Waals surface area contributed by atoms with Crippen LogP contribution in [0.2, 0.25) is 0 Å². The molecule has 0 spiro atoms. The summed E-state index contributed by atoms with van der Waals surface area (Å²) in [6.07, 6.45) is 10.3. The Balaban J connectivity index is 1.45. The van der Waals surface area contributed by atoms with Crippen LogP contribution in [-0.4, -0.2) is 51.7 Å². The van der Waals surface area contributed by atoms with Crippen LogP contribution in [0.15, 0.2) is 43.1 Å². The molecule has 2 N–H and O–H groups in total. The summed E-state index contributed by atoms with van der Waals surface area (Å²) < 4.78 is 2.06. The van der Waals surface area contributed by atoms with Crippen LogP contribution in [-0.2, 0) is 6.42 Å². The summed E-state index contributed by atoms with van der Waals surface area (Å²) in [6.45, 7) is 2.33. The highest BCUT2D eigenvalue weighted by molar-refractivity contribution is 5.85. The fourth-order valence-electron chi connectivity index (χ4n) is 4.61. The molecule has 0 aliphatic carbocycles. The first-order chi connectivity index (χ1) is 11.8. The number of likely N-dealkylation sites (tertiary alicyclic amines) is 1. The average Bonchev–Trinajstić information content (AvgIpc) is 3.36. The van der Waals surface area contributed by atoms with Gasteiger partial charge < -0.3 is 14.9 Å². The normalized spacial score (nSPS) is 27.1. The van der Waals surface area contributed by atoms with Crippen LogP contribution in [0.1, 0.15) is 12.0 Å². The molecule has 0 amide bonds. The maximum Gasteiger partial charge on any atom is 0.0991 e. The van der Waals surface area contributed by atoms with Crippen molar-refractivity contribution in [3.8, 4) is 5.69 Å². The first-order valence-electron chi connectivity index (χ1n) is 8.80. The lowest BCUT2D eigenvalue weighted by Crippen LogP contribution is -2.36. The van der Waals surface area contributed by atoms with Crippen molar-refractivity contribution < 1.29 is 0 Å². The van der Waals surface area contributed by atoms with E-state index >= 15 is 0 Å². The van der Waals surface area contributed by atoms with Gasteiger partial charge in [-0.25, -0.2) is 4.98 Å². The first-order valence-corrected chi connectivity index (χ1v) is 8.80. The predicted octanol–water partition coefficient (Wildman–Crippen LogP) is 2.19. The molecule has 2 aliphatic rings. The van der Waals surface area contributed by atoms with Gasteiger partial charge in [-0.3, -0.25) is 4.90 Å². The van der Waals surface area contributed by atoms with Crippen molar-refractivity contribution in [2.24, 2.45) is 5.92 Å². The van der Waals surface area contributed by atoms with E-state index in [0.29, 0.717) is 6.04 Å². The summed E-state index contributed by atoms with van der Waals surface area (Å²) in [4.78, 5) is 10.2. The standard InChI is InChI=1S/C19H23N5/c1-23-16(7-14-9-21-11-19(14)23)6-13-10-22-18-3-2-15(8-17(13)18)24-5-4-20-12-24/h2-5,8,10,12,14,16,19,21-22H,6-7,9,11H2,1H3/t14-,16+,19+/m1/s1. The number of aromatic amines is 1. The van der Waals surface area contributed by atoms with E-state index in [1.807, 2.05) is 18.7 Å². The third-order valence-electron chi connectivity index (χ3n) is 5.99. The zero-order chi connectivity index (χ0) is 16.1. The number of rotatable bonds is 3. The van der Waals surface area contributed by atoms with Crippen LogP contribution in [0.25, 0.3) is 16.6 Å². The summed E-state index contributed by atoms with van der Waals surface area (Å²) in [5.74, 6) is 0.826. The Morgan fingerprint density at radius 1 is 1.29 bits per heavy atom. The molecule has 124 valence electrons. The molecule has 0 bridgehead atoms. The van der Waals surface area contributed by atoms with Crippen LogP contribution in [0, 0.1) is 5.92 Å². The Kier molecular flexibility index (Phi) is 3.24. The topological polar surface area (TPSA) is 48.9 Å². The minimum absolute atomic E-state index is 0.651. The molecule has 24 heavy (non-hydrogen) atoms. The van der Waals surface area contributed by atoms with Crippen molar-refractivity contribution in [1.82, 2.24) is 24.8 Å². The molecule has 4 heterocycles. The molecule has 5 rings (SSSR count). The molecule has 2 aliphatic heterocycles. The highest BCUT2D eigenvalue weighted by atomic mass is 15.2. The zero-order valence-electron chi connectivity index (χ0n) is 13.9. The van der Waals surface area contributed by atoms with Gasteiger partial charge in [0.2, 0.25) is 0 Å². The fourth-order valence-corrected chi connectivity index (χ4v) is 4.61. The lowest BCUT2D eigenvalue weighted by Gasteiger charge is -2.24. The van der Waals surface area contributed by atoms with Crippen LogP contribution in [0.4, 0.5) is 0 Å². The predicted molar refractivity (Wildman–Crippen MR) is 95.4 cm³/mol. The molecule has 2 saturated heterocycles. The van der Waals surface area contributed by atoms with Crippen molar-refractivity contribution >= 4 is 10.9 Å². The van der Waals surface area contributed by atoms with Gasteiger partial charge in [0, 0.05) is 53.8 Å². The molecule has 1 aromatic carbocycles. The number of hydrogen-bond donors (Lipinski definition) is 2. The molecule has 2 aromatic heterocycles. The van der Waals surface area contributed by atoms with Crippen molar-refractivity contribution in [3.05, 3.63) is 48.7 Å². The molecular formula is C19H23N5. The number of likely N-dealkylation sites (N-methyl/N-ethyl adjacent to an activating group) is 1. The molecule has 3 aromatic rings. The van der Waals surface area contributed by atoms with E-state index < -0.39 is 0 Å². The van der Waals surface area contributed by atoms with Gasteiger partial charge in [0.05, 0.1) is 6.33 Å². The maximum absolute atomic E-state index is 4.16. The Labute approximate surface area is 141 Å². The van der Waals surface area contributed by atoms with Gasteiger partial charge in [0.1, 0.15) is 0 Å². The van der Waals surface area contributed by atoms with Crippen molar-refractivity contribution in [2.75, 3.05) is 20.1 Å². The second kappa shape index (κ2) is 5.46. The quantitative estimate of drug-likeness (QED) is 0.777. The van der Waals surface area contributed by atoms with E-state index in [2.05, 4.69) is 56.2 Å². The van der Waals surface area contributed by atoms with Gasteiger partial charge in [-0.1, -0.05) is 0 Å². The monoisotopic (exact) mass is 321 g/mol. The van der Waals surface area contributed by atoms with Gasteiger partial charge in [-0.2, -0.15) is 0 Å². The third kappa shape index (κ3) is 2.19. The summed E-state index contributed by atoms with van der Waals surface area (Å²) in [5.41, 5.74) is 3.81. The highest BCUT2D eigenvalue weighted by Crippen LogP contribution is 2.34. The van der Waals surface area contributed by atoms with Crippen LogP contribution in [0.5, 0.6) is 0 Å². The van der Waals surface area contributed by atoms with E-state index in [1.54, 1.807) is 0 Å². The summed E-state index contributed by atoms with van der Waals surface area (Å²) in [5, 5.41) is 4.87. The Hall–Kier alpha value is -2.11. The second-order valence-corrected chi connectivity index (χ2v) is 7.26. The molecule has 0 saturated carbocycles. The summed E-state index contributed by atoms with van der Waals surface area (Å²) >= 11 is 0. The molecule has 2 fully saturated rings. The molecule has 5 heteroatoms. The molecule has 5 nitrogen and oxygen atoms in total. The van der Waals surface area contributed by atoms with Gasteiger partial charge >= 0.3 is 0 Å². The van der Waals surface area contributed by atoms with Gasteiger partial charge in [-0.15, -0.1) is 0 Å². The Morgan fingerprint density at radius 2 is 2.25 bits per heavy atom. The number of nitrogens with one attached hydrogen (secondary N) is 2. The van der Waals surface area contributed by atoms with Gasteiger partial charge in [0.15, 0.2) is 0 Å². The smallest absolute Gasteiger partial charge is 0.0991 e. The molecular weight excluding hydrogens is 298 g/mol. The average molecular weight is 321 g/mol. The SMILES string of the molecule is CN1[C@@H](Cc2c[nH]c3ccc(-n4ccnc4)cc23)C[C@@H]2CNC[C@@H]21. The van der Waals surface area contributed by atoms with Crippen molar-refractivity contribution in [1.29, 1.82) is 0 Å². The number of benzene rings is 1. The number of nitrogens with zero attached hydrogens (tertiary/aromatic N) is 3. The van der Waals surface area contributed by atoms with Crippen molar-refractivity contribution in [3.63, 3.8) is 0 Å². The minimum atomic E-state index is 0.651. The number of H-pyrrole nitrogens is 1. The van der Waals surface area contributed by atoms with Gasteiger partial charge in [0.25, 0.3) is 0 Å². The lowest BCUT2D eigenvalue weighted by molar-refractivity contribution is 0.241. The van der Waals surface area contributed by atoms with Gasteiger partial charge in [-0.05, 0) is 56.1 Å². The lowest BCUT2D eigenvalue weighted by atomic mass is 9.98. The molecule has 0 radical (unpaired) electrons. The largest absolute Gasteiger partial charge is 0.361 e. The first kappa shape index (κ1) is 14.3. The van der Waals surface area contributed by atoms with Crippen LogP contribution >= 0.6 is 0 Å². The number of aromatic nitrogens is 3. The summed E-state index contributed by atoms with van der Waals surface area (Å²) in [7, 11) is 2.30. The van der Waals surface area contributed by atoms with Crippen molar-refractivity contribution in [2.45, 2.75) is 24.9 Å². The fraction of sp³-hybridized carbons (Fsp3) is 0.421. The number of imidazole rings is 1. The minimum Gasteiger partial charge on any atom is -0.361 e. The van der Waals surface area contributed by atoms with Crippen LogP contribution in [0.3, 0.4) is 0 Å². The highest BCUT2D eigenvalue weighted by Gasteiger charge is 2.41. The van der Waals surface area contributed by atoms with Crippen LogP contribution < -0.4 is 5.32 Å². The van der Waals surface area contributed by atoms with E-state index in [1.165, 1.54) is 35.1 Å². The second-order valence-electron chi connectivity index (χ2n) is 7.26. The molecule has 0 unspecified atom stereocenters. The van der Waals surface area contributed by atoms with E-state index in [0.717, 1.165) is 24.9 Å². The Morgan fingerprint density at radius 3 is 3.08 bits per heavy atom. The van der Waals surface area contributed by atoms with E-state index in [-0.39, 0.29) is 0 Å². The zero-order valence-corrected chi connectivity index (χ0v) is 13.9. The van der Waals surface area contributed by atoms with E-state index in [4.69, 9.17) is 0 Å². The number of hydrogen-bond acceptors (Lipinski definition) is 3. The van der Waals surface area contributed by atoms with E-state index in [9.17, 15) is 0 Å². The molecule has 3 atom stereocenters.